The van der Waals surface area contributed by atoms with Crippen molar-refractivity contribution in [1.82, 2.24) is 5.32 Å². The Morgan fingerprint density at radius 3 is 2.67 bits per heavy atom. The van der Waals surface area contributed by atoms with Gasteiger partial charge in [-0.15, -0.1) is 0 Å². The second-order valence-corrected chi connectivity index (χ2v) is 4.37. The molecule has 0 spiro atoms. The monoisotopic (exact) mass is 255 g/mol. The summed E-state index contributed by atoms with van der Waals surface area (Å²) in [7, 11) is 1.47. The summed E-state index contributed by atoms with van der Waals surface area (Å²) < 4.78 is 18.3. The Kier molecular flexibility index (Phi) is 5.09. The second kappa shape index (κ2) is 6.35. The summed E-state index contributed by atoms with van der Waals surface area (Å²) in [6.45, 7) is 3.72. The van der Waals surface area contributed by atoms with Crippen LogP contribution in [0.3, 0.4) is 0 Å². The van der Waals surface area contributed by atoms with Gasteiger partial charge in [-0.3, -0.25) is 4.79 Å². The number of halogens is 1. The third-order valence-corrected chi connectivity index (χ3v) is 2.50. The number of methoxy groups -OCH3 is 1. The predicted molar refractivity (Wildman–Crippen MR) is 66.4 cm³/mol. The lowest BCUT2D eigenvalue weighted by Gasteiger charge is -2.18. The Morgan fingerprint density at radius 2 is 2.17 bits per heavy atom. The third-order valence-electron chi connectivity index (χ3n) is 2.50. The highest BCUT2D eigenvalue weighted by atomic mass is 19.1. The maximum Gasteiger partial charge on any atom is 0.321 e. The highest BCUT2D eigenvalue weighted by Crippen LogP contribution is 2.21. The van der Waals surface area contributed by atoms with E-state index in [0.29, 0.717) is 11.3 Å². The lowest BCUT2D eigenvalue weighted by Crippen LogP contribution is -2.42. The van der Waals surface area contributed by atoms with Crippen molar-refractivity contribution in [2.75, 3.05) is 7.11 Å². The number of benzene rings is 1. The Balaban J connectivity index is 2.92. The molecule has 1 rings (SSSR count). The maximum atomic E-state index is 13.2. The van der Waals surface area contributed by atoms with Crippen molar-refractivity contribution < 1.29 is 19.0 Å². The maximum absolute atomic E-state index is 13.2. The van der Waals surface area contributed by atoms with Gasteiger partial charge in [0.05, 0.1) is 7.11 Å². The molecule has 0 aliphatic heterocycles. The van der Waals surface area contributed by atoms with Crippen LogP contribution in [0.1, 0.15) is 19.4 Å². The van der Waals surface area contributed by atoms with Gasteiger partial charge in [0.2, 0.25) is 0 Å². The molecule has 4 nitrogen and oxygen atoms in total. The van der Waals surface area contributed by atoms with Crippen molar-refractivity contribution >= 4 is 5.97 Å². The number of carboxylic acids is 1. The van der Waals surface area contributed by atoms with Gasteiger partial charge in [-0.1, -0.05) is 13.8 Å². The zero-order chi connectivity index (χ0) is 13.7. The van der Waals surface area contributed by atoms with E-state index in [4.69, 9.17) is 9.84 Å². The van der Waals surface area contributed by atoms with E-state index >= 15 is 0 Å². The predicted octanol–water partition coefficient (Wildman–Crippen LogP) is 1.83. The van der Waals surface area contributed by atoms with Gasteiger partial charge in [-0.25, -0.2) is 4.39 Å². The number of hydrogen-bond acceptors (Lipinski definition) is 3. The molecule has 0 aromatic heterocycles. The molecule has 0 heterocycles. The van der Waals surface area contributed by atoms with Gasteiger partial charge in [0.15, 0.2) is 0 Å². The molecule has 5 heteroatoms. The van der Waals surface area contributed by atoms with Crippen molar-refractivity contribution in [3.63, 3.8) is 0 Å². The number of aliphatic carboxylic acids is 1. The molecule has 1 aromatic carbocycles. The summed E-state index contributed by atoms with van der Waals surface area (Å²) >= 11 is 0. The van der Waals surface area contributed by atoms with E-state index in [2.05, 4.69) is 5.32 Å². The van der Waals surface area contributed by atoms with Crippen molar-refractivity contribution in [2.45, 2.75) is 32.4 Å². The van der Waals surface area contributed by atoms with E-state index in [-0.39, 0.29) is 12.5 Å². The Morgan fingerprint density at radius 1 is 1.50 bits per heavy atom. The van der Waals surface area contributed by atoms with Crippen LogP contribution in [0.4, 0.5) is 4.39 Å². The molecule has 2 N–H and O–H groups in total. The van der Waals surface area contributed by atoms with Gasteiger partial charge < -0.3 is 15.2 Å². The summed E-state index contributed by atoms with van der Waals surface area (Å²) in [6.07, 6.45) is 0.175. The minimum absolute atomic E-state index is 0.0330. The molecular formula is C13H18FNO3. The highest BCUT2D eigenvalue weighted by molar-refractivity contribution is 5.74. The number of hydrogen-bond donors (Lipinski definition) is 2. The first-order valence-electron chi connectivity index (χ1n) is 5.75. The number of ether oxygens (including phenoxy) is 1. The number of carboxylic acid groups (broad SMARTS) is 1. The number of carbonyl (C=O) groups is 1. The van der Waals surface area contributed by atoms with E-state index in [1.54, 1.807) is 0 Å². The topological polar surface area (TPSA) is 58.6 Å². The molecule has 0 aliphatic rings. The molecule has 18 heavy (non-hydrogen) atoms. The minimum Gasteiger partial charge on any atom is -0.496 e. The first kappa shape index (κ1) is 14.4. The third kappa shape index (κ3) is 4.00. The van der Waals surface area contributed by atoms with E-state index < -0.39 is 17.8 Å². The summed E-state index contributed by atoms with van der Waals surface area (Å²) in [5, 5.41) is 12.0. The number of rotatable bonds is 6. The van der Waals surface area contributed by atoms with Crippen LogP contribution in [0.5, 0.6) is 5.75 Å². The fourth-order valence-corrected chi connectivity index (χ4v) is 1.75. The smallest absolute Gasteiger partial charge is 0.321 e. The molecular weight excluding hydrogens is 237 g/mol. The molecule has 100 valence electrons. The SMILES string of the molecule is COc1ccc(F)cc1CC(NC(C)C)C(=O)O. The molecule has 0 fully saturated rings. The molecule has 1 atom stereocenters. The van der Waals surface area contributed by atoms with Crippen LogP contribution < -0.4 is 10.1 Å². The molecule has 1 unspecified atom stereocenters. The van der Waals surface area contributed by atoms with Crippen molar-refractivity contribution in [1.29, 1.82) is 0 Å². The van der Waals surface area contributed by atoms with E-state index in [1.807, 2.05) is 13.8 Å². The molecule has 1 aromatic rings. The Labute approximate surface area is 106 Å². The van der Waals surface area contributed by atoms with Gasteiger partial charge in [0, 0.05) is 12.5 Å². The minimum atomic E-state index is -0.963. The normalized spacial score (nSPS) is 12.5. The zero-order valence-electron chi connectivity index (χ0n) is 10.7. The van der Waals surface area contributed by atoms with Gasteiger partial charge in [-0.05, 0) is 23.8 Å². The average Bonchev–Trinajstić information content (AvgIpc) is 2.27. The first-order valence-corrected chi connectivity index (χ1v) is 5.75. The Bertz CT molecular complexity index is 421. The van der Waals surface area contributed by atoms with Gasteiger partial charge in [0.25, 0.3) is 0 Å². The average molecular weight is 255 g/mol. The lowest BCUT2D eigenvalue weighted by atomic mass is 10.0. The fourth-order valence-electron chi connectivity index (χ4n) is 1.75. The summed E-state index contributed by atoms with van der Waals surface area (Å²) in [6, 6.07) is 3.36. The largest absolute Gasteiger partial charge is 0.496 e. The summed E-state index contributed by atoms with van der Waals surface area (Å²) in [5.74, 6) is -0.872. The van der Waals surface area contributed by atoms with Crippen molar-refractivity contribution in [2.24, 2.45) is 0 Å². The van der Waals surface area contributed by atoms with Crippen LogP contribution in [0, 0.1) is 5.82 Å². The Hall–Kier alpha value is -1.62. The summed E-state index contributed by atoms with van der Waals surface area (Å²) in [5.41, 5.74) is 0.540. The van der Waals surface area contributed by atoms with Gasteiger partial charge >= 0.3 is 5.97 Å². The lowest BCUT2D eigenvalue weighted by molar-refractivity contribution is -0.139. The molecule has 0 aliphatic carbocycles. The second-order valence-electron chi connectivity index (χ2n) is 4.37. The van der Waals surface area contributed by atoms with Crippen LogP contribution in [0.15, 0.2) is 18.2 Å². The molecule has 0 amide bonds. The van der Waals surface area contributed by atoms with Gasteiger partial charge in [0.1, 0.15) is 17.6 Å². The highest BCUT2D eigenvalue weighted by Gasteiger charge is 2.20. The molecule has 0 bridgehead atoms. The van der Waals surface area contributed by atoms with Crippen molar-refractivity contribution in [3.05, 3.63) is 29.6 Å². The van der Waals surface area contributed by atoms with E-state index in [9.17, 15) is 9.18 Å². The van der Waals surface area contributed by atoms with Crippen LogP contribution in [0.25, 0.3) is 0 Å². The molecule has 0 saturated carbocycles. The van der Waals surface area contributed by atoms with E-state index in [1.165, 1.54) is 25.3 Å². The van der Waals surface area contributed by atoms with Crippen LogP contribution in [0.2, 0.25) is 0 Å². The zero-order valence-corrected chi connectivity index (χ0v) is 10.7. The first-order chi connectivity index (χ1) is 8.43. The van der Waals surface area contributed by atoms with Crippen LogP contribution >= 0.6 is 0 Å². The van der Waals surface area contributed by atoms with Crippen LogP contribution in [-0.4, -0.2) is 30.3 Å². The summed E-state index contributed by atoms with van der Waals surface area (Å²) in [4.78, 5) is 11.1. The fraction of sp³-hybridized carbons (Fsp3) is 0.462. The standard InChI is InChI=1S/C13H18FNO3/c1-8(2)15-11(13(16)17)7-9-6-10(14)4-5-12(9)18-3/h4-6,8,11,15H,7H2,1-3H3,(H,16,17). The number of nitrogens with one attached hydrogen (secondary N) is 1. The van der Waals surface area contributed by atoms with Crippen LogP contribution in [-0.2, 0) is 11.2 Å². The van der Waals surface area contributed by atoms with Crippen molar-refractivity contribution in [3.8, 4) is 5.75 Å². The van der Waals surface area contributed by atoms with Gasteiger partial charge in [-0.2, -0.15) is 0 Å². The molecule has 0 radical (unpaired) electrons. The molecule has 0 saturated heterocycles. The quantitative estimate of drug-likeness (QED) is 0.814. The van der Waals surface area contributed by atoms with E-state index in [0.717, 1.165) is 0 Å².